The van der Waals surface area contributed by atoms with Crippen molar-refractivity contribution in [1.29, 1.82) is 0 Å². The lowest BCUT2D eigenvalue weighted by molar-refractivity contribution is 0.502. The molecule has 16 heavy (non-hydrogen) atoms. The molecule has 0 bridgehead atoms. The molecule has 3 rings (SSSR count). The van der Waals surface area contributed by atoms with Crippen LogP contribution in [-0.2, 0) is 0 Å². The van der Waals surface area contributed by atoms with Gasteiger partial charge in [-0.25, -0.2) is 0 Å². The van der Waals surface area contributed by atoms with Crippen molar-refractivity contribution >= 4 is 16.7 Å². The molecular formula is C12H16N4. The van der Waals surface area contributed by atoms with Gasteiger partial charge in [-0.05, 0) is 25.0 Å². The second-order valence-corrected chi connectivity index (χ2v) is 4.40. The molecule has 0 aromatic carbocycles. The molecule has 0 unspecified atom stereocenters. The molecule has 0 spiro atoms. The molecule has 84 valence electrons. The lowest BCUT2D eigenvalue weighted by Gasteiger charge is -2.31. The molecular weight excluding hydrogens is 200 g/mol. The number of nitrogens with zero attached hydrogens (tertiary/aromatic N) is 2. The van der Waals surface area contributed by atoms with Crippen molar-refractivity contribution in [3.8, 4) is 0 Å². The van der Waals surface area contributed by atoms with Crippen LogP contribution in [0.3, 0.4) is 0 Å². The van der Waals surface area contributed by atoms with Gasteiger partial charge >= 0.3 is 0 Å². The Hall–Kier alpha value is -1.55. The minimum Gasteiger partial charge on any atom is -0.368 e. The third kappa shape index (κ3) is 1.55. The quantitative estimate of drug-likeness (QED) is 0.759. The van der Waals surface area contributed by atoms with Crippen LogP contribution in [0.25, 0.3) is 11.0 Å². The Labute approximate surface area is 94.5 Å². The van der Waals surface area contributed by atoms with Gasteiger partial charge in [0.25, 0.3) is 0 Å². The molecule has 1 fully saturated rings. The van der Waals surface area contributed by atoms with Crippen molar-refractivity contribution in [2.75, 3.05) is 18.0 Å². The van der Waals surface area contributed by atoms with Gasteiger partial charge in [-0.2, -0.15) is 0 Å². The van der Waals surface area contributed by atoms with Gasteiger partial charge in [-0.15, -0.1) is 0 Å². The predicted molar refractivity (Wildman–Crippen MR) is 65.5 cm³/mol. The Morgan fingerprint density at radius 3 is 3.00 bits per heavy atom. The van der Waals surface area contributed by atoms with Crippen LogP contribution in [0.4, 0.5) is 5.69 Å². The molecule has 0 saturated carbocycles. The molecule has 1 aliphatic heterocycles. The Morgan fingerprint density at radius 2 is 2.19 bits per heavy atom. The molecule has 4 nitrogen and oxygen atoms in total. The second-order valence-electron chi connectivity index (χ2n) is 4.40. The Bertz CT molecular complexity index is 482. The summed E-state index contributed by atoms with van der Waals surface area (Å²) in [7, 11) is 0. The smallest absolute Gasteiger partial charge is 0.111 e. The summed E-state index contributed by atoms with van der Waals surface area (Å²) < 4.78 is 0. The lowest BCUT2D eigenvalue weighted by Crippen LogP contribution is -2.39. The van der Waals surface area contributed by atoms with Crippen LogP contribution in [0.5, 0.6) is 0 Å². The lowest BCUT2D eigenvalue weighted by atomic mass is 10.1. The number of H-pyrrole nitrogens is 1. The van der Waals surface area contributed by atoms with Crippen LogP contribution in [0.1, 0.15) is 12.8 Å². The first-order chi connectivity index (χ1) is 7.84. The van der Waals surface area contributed by atoms with Crippen molar-refractivity contribution in [2.45, 2.75) is 18.9 Å². The number of hydrogen-bond acceptors (Lipinski definition) is 3. The molecule has 3 heterocycles. The van der Waals surface area contributed by atoms with E-state index in [1.54, 1.807) is 0 Å². The maximum Gasteiger partial charge on any atom is 0.111 e. The fourth-order valence-electron chi connectivity index (χ4n) is 2.32. The highest BCUT2D eigenvalue weighted by atomic mass is 15.2. The molecule has 1 saturated heterocycles. The topological polar surface area (TPSA) is 57.9 Å². The largest absolute Gasteiger partial charge is 0.368 e. The van der Waals surface area contributed by atoms with E-state index in [9.17, 15) is 0 Å². The van der Waals surface area contributed by atoms with Gasteiger partial charge in [0.15, 0.2) is 0 Å². The number of anilines is 1. The van der Waals surface area contributed by atoms with Crippen molar-refractivity contribution in [3.63, 3.8) is 0 Å². The zero-order valence-corrected chi connectivity index (χ0v) is 9.19. The average Bonchev–Trinajstić information content (AvgIpc) is 2.74. The summed E-state index contributed by atoms with van der Waals surface area (Å²) in [5.74, 6) is 0. The molecule has 4 heteroatoms. The van der Waals surface area contributed by atoms with Crippen molar-refractivity contribution in [2.24, 2.45) is 5.73 Å². The van der Waals surface area contributed by atoms with Crippen molar-refractivity contribution < 1.29 is 0 Å². The number of aromatic nitrogens is 2. The highest BCUT2D eigenvalue weighted by Crippen LogP contribution is 2.26. The fourth-order valence-corrected chi connectivity index (χ4v) is 2.32. The van der Waals surface area contributed by atoms with Crippen LogP contribution >= 0.6 is 0 Å². The van der Waals surface area contributed by atoms with Gasteiger partial charge in [-0.1, -0.05) is 0 Å². The van der Waals surface area contributed by atoms with Gasteiger partial charge < -0.3 is 15.6 Å². The normalized spacial score (nSPS) is 18.2. The number of aromatic amines is 1. The first-order valence-electron chi connectivity index (χ1n) is 5.77. The standard InChI is InChI=1S/C12H16N4/c13-9-3-6-16(7-4-9)11-8-15-10-2-1-5-14-12(10)11/h1-2,5,8-9,15H,3-4,6-7,13H2. The summed E-state index contributed by atoms with van der Waals surface area (Å²) in [6.45, 7) is 2.06. The van der Waals surface area contributed by atoms with Gasteiger partial charge in [0.2, 0.25) is 0 Å². The minimum absolute atomic E-state index is 0.370. The number of fused-ring (bicyclic) bond motifs is 1. The number of nitrogens with one attached hydrogen (secondary N) is 1. The summed E-state index contributed by atoms with van der Waals surface area (Å²) in [6, 6.07) is 4.38. The van der Waals surface area contributed by atoms with E-state index in [1.807, 2.05) is 12.3 Å². The van der Waals surface area contributed by atoms with Crippen LogP contribution < -0.4 is 10.6 Å². The van der Waals surface area contributed by atoms with Crippen LogP contribution in [0.15, 0.2) is 24.5 Å². The van der Waals surface area contributed by atoms with Crippen molar-refractivity contribution in [3.05, 3.63) is 24.5 Å². The monoisotopic (exact) mass is 216 g/mol. The third-order valence-electron chi connectivity index (χ3n) is 3.30. The van der Waals surface area contributed by atoms with E-state index >= 15 is 0 Å². The van der Waals surface area contributed by atoms with E-state index in [1.165, 1.54) is 5.69 Å². The summed E-state index contributed by atoms with van der Waals surface area (Å²) >= 11 is 0. The predicted octanol–water partition coefficient (Wildman–Crippen LogP) is 1.49. The van der Waals surface area contributed by atoms with Crippen molar-refractivity contribution in [1.82, 2.24) is 9.97 Å². The molecule has 0 atom stereocenters. The number of hydrogen-bond donors (Lipinski definition) is 2. The molecule has 2 aromatic heterocycles. The molecule has 3 N–H and O–H groups in total. The SMILES string of the molecule is NC1CCN(c2c[nH]c3cccnc23)CC1. The third-order valence-corrected chi connectivity index (χ3v) is 3.30. The first kappa shape index (κ1) is 9.66. The molecule has 0 amide bonds. The minimum atomic E-state index is 0.370. The number of rotatable bonds is 1. The molecule has 2 aromatic rings. The maximum absolute atomic E-state index is 5.91. The van der Waals surface area contributed by atoms with E-state index in [4.69, 9.17) is 5.73 Å². The van der Waals surface area contributed by atoms with E-state index < -0.39 is 0 Å². The van der Waals surface area contributed by atoms with Gasteiger partial charge in [0.05, 0.1) is 11.2 Å². The molecule has 0 aliphatic carbocycles. The van der Waals surface area contributed by atoms with E-state index in [0.29, 0.717) is 6.04 Å². The summed E-state index contributed by atoms with van der Waals surface area (Å²) in [6.07, 6.45) is 6.03. The highest BCUT2D eigenvalue weighted by molar-refractivity contribution is 5.89. The van der Waals surface area contributed by atoms with Gasteiger partial charge in [-0.3, -0.25) is 4.98 Å². The zero-order chi connectivity index (χ0) is 11.0. The molecule has 1 aliphatic rings. The fraction of sp³-hybridized carbons (Fsp3) is 0.417. The number of pyridine rings is 1. The zero-order valence-electron chi connectivity index (χ0n) is 9.19. The van der Waals surface area contributed by atoms with Gasteiger partial charge in [0.1, 0.15) is 5.52 Å². The second kappa shape index (κ2) is 3.79. The number of nitrogens with two attached hydrogens (primary N) is 1. The summed E-state index contributed by atoms with van der Waals surface area (Å²) in [5, 5.41) is 0. The van der Waals surface area contributed by atoms with Crippen LogP contribution in [-0.4, -0.2) is 29.1 Å². The first-order valence-corrected chi connectivity index (χ1v) is 5.77. The van der Waals surface area contributed by atoms with Crippen LogP contribution in [0.2, 0.25) is 0 Å². The average molecular weight is 216 g/mol. The van der Waals surface area contributed by atoms with E-state index in [-0.39, 0.29) is 0 Å². The number of piperidine rings is 1. The van der Waals surface area contributed by atoms with Crippen LogP contribution in [0, 0.1) is 0 Å². The highest BCUT2D eigenvalue weighted by Gasteiger charge is 2.18. The van der Waals surface area contributed by atoms with E-state index in [0.717, 1.165) is 37.0 Å². The van der Waals surface area contributed by atoms with E-state index in [2.05, 4.69) is 27.1 Å². The Balaban J connectivity index is 1.94. The summed E-state index contributed by atoms with van der Waals surface area (Å²) in [4.78, 5) is 10.1. The molecule has 0 radical (unpaired) electrons. The van der Waals surface area contributed by atoms with Gasteiger partial charge in [0, 0.05) is 31.5 Å². The Kier molecular flexibility index (Phi) is 2.29. The Morgan fingerprint density at radius 1 is 1.38 bits per heavy atom. The summed E-state index contributed by atoms with van der Waals surface area (Å²) in [5.41, 5.74) is 9.30. The maximum atomic E-state index is 5.91.